The third kappa shape index (κ3) is 3.57. The number of nitrogens with one attached hydrogen (secondary N) is 1. The van der Waals surface area contributed by atoms with Gasteiger partial charge in [0.2, 0.25) is 0 Å². The summed E-state index contributed by atoms with van der Waals surface area (Å²) < 4.78 is 26.5. The van der Waals surface area contributed by atoms with Crippen LogP contribution < -0.4 is 10.9 Å². The number of aromatic hydroxyl groups is 1. The number of rotatable bonds is 4. The van der Waals surface area contributed by atoms with Crippen molar-refractivity contribution >= 4 is 39.3 Å². The molecule has 2 aromatic carbocycles. The van der Waals surface area contributed by atoms with Crippen LogP contribution in [0.15, 0.2) is 80.9 Å². The maximum atomic E-state index is 13.6. The normalized spacial score (nSPS) is 15.2. The van der Waals surface area contributed by atoms with Crippen molar-refractivity contribution in [2.24, 2.45) is 4.40 Å². The second kappa shape index (κ2) is 7.99. The smallest absolute Gasteiger partial charge is 0.335 e. The Balaban J connectivity index is 1.69. The SMILES string of the molecule is O=C(O)c1ccc(Cn2c(=O)c(C3=NS(O)(O)c4ccccc4N3)c(O)c3cccnc32)cc1. The summed E-state index contributed by atoms with van der Waals surface area (Å²) in [5, 5.41) is 23.3. The molecular weight excluding hydrogens is 460 g/mol. The van der Waals surface area contributed by atoms with Crippen molar-refractivity contribution in [1.29, 1.82) is 0 Å². The van der Waals surface area contributed by atoms with Gasteiger partial charge in [-0.2, -0.15) is 0 Å². The number of hydrogen-bond acceptors (Lipinski definition) is 8. The number of carbonyl (C=O) groups is 1. The minimum absolute atomic E-state index is 0.0274. The summed E-state index contributed by atoms with van der Waals surface area (Å²) in [6.45, 7) is 0.0274. The molecule has 5 rings (SSSR count). The minimum Gasteiger partial charge on any atom is -0.506 e. The van der Waals surface area contributed by atoms with E-state index in [4.69, 9.17) is 5.11 Å². The van der Waals surface area contributed by atoms with Gasteiger partial charge in [-0.3, -0.25) is 18.5 Å². The molecule has 0 saturated carbocycles. The Morgan fingerprint density at radius 2 is 1.76 bits per heavy atom. The highest BCUT2D eigenvalue weighted by atomic mass is 32.3. The summed E-state index contributed by atoms with van der Waals surface area (Å²) in [6, 6.07) is 15.7. The lowest BCUT2D eigenvalue weighted by Crippen LogP contribution is -2.32. The molecule has 0 fully saturated rings. The predicted molar refractivity (Wildman–Crippen MR) is 128 cm³/mol. The molecule has 0 amide bonds. The van der Waals surface area contributed by atoms with Crippen molar-refractivity contribution in [3.63, 3.8) is 0 Å². The van der Waals surface area contributed by atoms with Crippen LogP contribution in [-0.4, -0.2) is 40.7 Å². The first-order valence-electron chi connectivity index (χ1n) is 10.0. The zero-order valence-electron chi connectivity index (χ0n) is 17.4. The molecule has 3 heterocycles. The fourth-order valence-electron chi connectivity index (χ4n) is 3.80. The van der Waals surface area contributed by atoms with E-state index >= 15 is 0 Å². The van der Waals surface area contributed by atoms with Gasteiger partial charge in [0, 0.05) is 6.20 Å². The van der Waals surface area contributed by atoms with E-state index < -0.39 is 28.1 Å². The maximum Gasteiger partial charge on any atom is 0.335 e. The van der Waals surface area contributed by atoms with Crippen LogP contribution in [0.2, 0.25) is 0 Å². The number of para-hydroxylation sites is 1. The number of pyridine rings is 2. The molecule has 0 atom stereocenters. The number of hydrogen-bond donors (Lipinski definition) is 5. The van der Waals surface area contributed by atoms with Crippen molar-refractivity contribution in [3.05, 3.63) is 93.9 Å². The Labute approximate surface area is 194 Å². The first kappa shape index (κ1) is 21.6. The molecule has 10 nitrogen and oxygen atoms in total. The summed E-state index contributed by atoms with van der Waals surface area (Å²) in [4.78, 5) is 29.2. The van der Waals surface area contributed by atoms with Gasteiger partial charge in [-0.15, -0.1) is 4.40 Å². The van der Waals surface area contributed by atoms with E-state index in [1.54, 1.807) is 42.5 Å². The van der Waals surface area contributed by atoms with Crippen molar-refractivity contribution < 1.29 is 24.1 Å². The van der Waals surface area contributed by atoms with Gasteiger partial charge in [-0.25, -0.2) is 9.78 Å². The van der Waals surface area contributed by atoms with E-state index in [1.807, 2.05) is 0 Å². The van der Waals surface area contributed by atoms with Gasteiger partial charge in [0.1, 0.15) is 21.9 Å². The van der Waals surface area contributed by atoms with Crippen LogP contribution >= 0.6 is 10.8 Å². The highest BCUT2D eigenvalue weighted by Crippen LogP contribution is 2.55. The van der Waals surface area contributed by atoms with Crippen LogP contribution in [0.5, 0.6) is 5.75 Å². The third-order valence-corrected chi connectivity index (χ3v) is 6.81. The van der Waals surface area contributed by atoms with Gasteiger partial charge in [0.25, 0.3) is 5.56 Å². The average Bonchev–Trinajstić information content (AvgIpc) is 2.82. The first-order chi connectivity index (χ1) is 16.3. The first-order valence-corrected chi connectivity index (χ1v) is 11.5. The molecule has 11 heteroatoms. The molecule has 0 unspecified atom stereocenters. The van der Waals surface area contributed by atoms with Crippen LogP contribution in [-0.2, 0) is 6.54 Å². The van der Waals surface area contributed by atoms with E-state index in [1.165, 1.54) is 29.0 Å². The number of nitrogens with zero attached hydrogens (tertiary/aromatic N) is 3. The van der Waals surface area contributed by atoms with Gasteiger partial charge in [0.15, 0.2) is 5.84 Å². The molecule has 34 heavy (non-hydrogen) atoms. The van der Waals surface area contributed by atoms with Crippen molar-refractivity contribution in [1.82, 2.24) is 9.55 Å². The fraction of sp³-hybridized carbons (Fsp3) is 0.0435. The van der Waals surface area contributed by atoms with Crippen LogP contribution in [0.3, 0.4) is 0 Å². The molecule has 0 spiro atoms. The molecule has 172 valence electrons. The van der Waals surface area contributed by atoms with Gasteiger partial charge < -0.3 is 15.5 Å². The number of anilines is 1. The third-order valence-electron chi connectivity index (χ3n) is 5.43. The molecule has 0 aliphatic carbocycles. The largest absolute Gasteiger partial charge is 0.506 e. The van der Waals surface area contributed by atoms with E-state index in [9.17, 15) is 23.8 Å². The number of fused-ring (bicyclic) bond motifs is 2. The van der Waals surface area contributed by atoms with Gasteiger partial charge in [0.05, 0.1) is 23.2 Å². The number of aromatic nitrogens is 2. The second-order valence-electron chi connectivity index (χ2n) is 7.57. The monoisotopic (exact) mass is 478 g/mol. The number of benzene rings is 2. The highest BCUT2D eigenvalue weighted by molar-refractivity contribution is 8.23. The summed E-state index contributed by atoms with van der Waals surface area (Å²) in [5.74, 6) is -1.64. The molecule has 0 saturated heterocycles. The number of carboxylic acid groups (broad SMARTS) is 1. The standard InChI is InChI=1S/C23H18N4O6S/c28-19-15-4-3-11-24-21(15)27(12-13-7-9-14(10-8-13)23(30)31)22(29)18(19)20-25-16-5-1-2-6-17(16)34(32,33)26-20/h1-11,28,32-33H,12H2,(H,25,26)(H,30,31). The Morgan fingerprint density at radius 3 is 2.50 bits per heavy atom. The van der Waals surface area contributed by atoms with Crippen LogP contribution in [0.1, 0.15) is 21.5 Å². The average molecular weight is 478 g/mol. The van der Waals surface area contributed by atoms with E-state index in [-0.39, 0.29) is 39.4 Å². The Hall–Kier alpha value is -4.19. The quantitative estimate of drug-likeness (QED) is 0.297. The Morgan fingerprint density at radius 1 is 1.03 bits per heavy atom. The molecule has 1 aliphatic rings. The lowest BCUT2D eigenvalue weighted by Gasteiger charge is -2.34. The van der Waals surface area contributed by atoms with Crippen LogP contribution in [0.25, 0.3) is 11.0 Å². The number of carboxylic acids is 1. The lowest BCUT2D eigenvalue weighted by atomic mass is 10.1. The Kier molecular flexibility index (Phi) is 5.09. The topological polar surface area (TPSA) is 157 Å². The van der Waals surface area contributed by atoms with E-state index in [0.717, 1.165) is 0 Å². The zero-order chi connectivity index (χ0) is 24.0. The van der Waals surface area contributed by atoms with E-state index in [2.05, 4.69) is 14.7 Å². The molecule has 5 N–H and O–H groups in total. The molecule has 4 aromatic rings. The van der Waals surface area contributed by atoms with E-state index in [0.29, 0.717) is 11.3 Å². The van der Waals surface area contributed by atoms with Gasteiger partial charge in [-0.1, -0.05) is 35.0 Å². The Bertz CT molecular complexity index is 1550. The molecule has 1 aliphatic heterocycles. The lowest BCUT2D eigenvalue weighted by molar-refractivity contribution is 0.0697. The number of aromatic carboxylic acids is 1. The maximum absolute atomic E-state index is 13.6. The van der Waals surface area contributed by atoms with Crippen LogP contribution in [0, 0.1) is 0 Å². The minimum atomic E-state index is -3.62. The molecule has 0 bridgehead atoms. The summed E-state index contributed by atoms with van der Waals surface area (Å²) in [7, 11) is -3.62. The van der Waals surface area contributed by atoms with Crippen molar-refractivity contribution in [3.8, 4) is 5.75 Å². The molecular formula is C23H18N4O6S. The summed E-state index contributed by atoms with van der Waals surface area (Å²) in [5.41, 5.74) is 0.399. The summed E-state index contributed by atoms with van der Waals surface area (Å²) in [6.07, 6.45) is 1.48. The zero-order valence-corrected chi connectivity index (χ0v) is 18.2. The van der Waals surface area contributed by atoms with Crippen molar-refractivity contribution in [2.75, 3.05) is 5.32 Å². The predicted octanol–water partition coefficient (Wildman–Crippen LogP) is 3.75. The molecule has 0 radical (unpaired) electrons. The van der Waals surface area contributed by atoms with Gasteiger partial charge >= 0.3 is 5.97 Å². The number of amidine groups is 1. The fourth-order valence-corrected chi connectivity index (χ4v) is 4.97. The van der Waals surface area contributed by atoms with Gasteiger partial charge in [-0.05, 0) is 42.0 Å². The molecule has 2 aromatic heterocycles. The van der Waals surface area contributed by atoms with Crippen molar-refractivity contribution in [2.45, 2.75) is 11.4 Å². The van der Waals surface area contributed by atoms with Crippen LogP contribution in [0.4, 0.5) is 5.69 Å². The second-order valence-corrected chi connectivity index (χ2v) is 9.23. The summed E-state index contributed by atoms with van der Waals surface area (Å²) >= 11 is 0. The highest BCUT2D eigenvalue weighted by Gasteiger charge is 2.30.